The molecule has 0 N–H and O–H groups in total. The van der Waals surface area contributed by atoms with Gasteiger partial charge in [0.15, 0.2) is 0 Å². The summed E-state index contributed by atoms with van der Waals surface area (Å²) >= 11 is 3.47. The first-order chi connectivity index (χ1) is 17.1. The van der Waals surface area contributed by atoms with E-state index in [-0.39, 0.29) is 11.8 Å². The zero-order valence-electron chi connectivity index (χ0n) is 19.7. The summed E-state index contributed by atoms with van der Waals surface area (Å²) in [5, 5.41) is 0. The van der Waals surface area contributed by atoms with Crippen LogP contribution in [0.4, 0.5) is 5.69 Å². The Bertz CT molecular complexity index is 1300. The second-order valence-corrected chi connectivity index (χ2v) is 9.64. The number of benzene rings is 3. The molecule has 1 fully saturated rings. The molecule has 7 heteroatoms. The number of rotatable bonds is 9. The Morgan fingerprint density at radius 3 is 2.49 bits per heavy atom. The minimum absolute atomic E-state index is 0.0640. The molecular formula is C28H28BrN3O3. The van der Waals surface area contributed by atoms with Crippen LogP contribution in [0.2, 0.25) is 0 Å². The molecule has 1 aromatic heterocycles. The summed E-state index contributed by atoms with van der Waals surface area (Å²) in [7, 11) is 1.66. The zero-order valence-corrected chi connectivity index (χ0v) is 21.3. The topological polar surface area (TPSA) is 56.6 Å². The molecule has 0 radical (unpaired) electrons. The van der Waals surface area contributed by atoms with Crippen LogP contribution >= 0.6 is 15.9 Å². The maximum absolute atomic E-state index is 12.9. The Kier molecular flexibility index (Phi) is 7.04. The van der Waals surface area contributed by atoms with Gasteiger partial charge in [0, 0.05) is 35.6 Å². The molecule has 180 valence electrons. The van der Waals surface area contributed by atoms with Gasteiger partial charge in [0.1, 0.15) is 17.3 Å². The Hall–Kier alpha value is -3.32. The number of anilines is 1. The standard InChI is InChI=1S/C28H28BrN3O3/c1-34-23-12-14-24(15-13-23)35-17-5-4-16-31-26-7-3-2-6-25(26)30-28(31)20-18-27(33)32(19-20)22-10-8-21(29)9-11-22/h2-3,6-15,20H,4-5,16-19H2,1H3. The quantitative estimate of drug-likeness (QED) is 0.241. The number of carbonyl (C=O) groups is 1. The smallest absolute Gasteiger partial charge is 0.227 e. The van der Waals surface area contributed by atoms with E-state index in [4.69, 9.17) is 14.5 Å². The first-order valence-electron chi connectivity index (χ1n) is 11.9. The summed E-state index contributed by atoms with van der Waals surface area (Å²) in [5.74, 6) is 2.87. The molecule has 1 aliphatic heterocycles. The van der Waals surface area contributed by atoms with Crippen molar-refractivity contribution in [3.8, 4) is 11.5 Å². The van der Waals surface area contributed by atoms with Crippen molar-refractivity contribution in [3.05, 3.63) is 83.1 Å². The van der Waals surface area contributed by atoms with Crippen molar-refractivity contribution >= 4 is 38.6 Å². The molecule has 0 aliphatic carbocycles. The number of methoxy groups -OCH3 is 1. The van der Waals surface area contributed by atoms with Gasteiger partial charge in [-0.3, -0.25) is 4.79 Å². The number of nitrogens with zero attached hydrogens (tertiary/aromatic N) is 3. The molecule has 1 saturated heterocycles. The number of carbonyl (C=O) groups excluding carboxylic acids is 1. The lowest BCUT2D eigenvalue weighted by Crippen LogP contribution is -2.24. The highest BCUT2D eigenvalue weighted by Gasteiger charge is 2.34. The predicted molar refractivity (Wildman–Crippen MR) is 141 cm³/mol. The lowest BCUT2D eigenvalue weighted by Gasteiger charge is -2.17. The predicted octanol–water partition coefficient (Wildman–Crippen LogP) is 6.19. The summed E-state index contributed by atoms with van der Waals surface area (Å²) < 4.78 is 14.4. The van der Waals surface area contributed by atoms with Crippen LogP contribution in [0.5, 0.6) is 11.5 Å². The van der Waals surface area contributed by atoms with E-state index in [1.807, 2.05) is 71.6 Å². The number of unbranched alkanes of at least 4 members (excludes halogenated alkanes) is 1. The monoisotopic (exact) mass is 533 g/mol. The van der Waals surface area contributed by atoms with Gasteiger partial charge < -0.3 is 18.9 Å². The van der Waals surface area contributed by atoms with Crippen molar-refractivity contribution < 1.29 is 14.3 Å². The van der Waals surface area contributed by atoms with Crippen LogP contribution in [0.15, 0.2) is 77.3 Å². The molecule has 1 atom stereocenters. The van der Waals surface area contributed by atoms with E-state index in [1.165, 1.54) is 0 Å². The zero-order chi connectivity index (χ0) is 24.2. The van der Waals surface area contributed by atoms with Crippen LogP contribution in [-0.2, 0) is 11.3 Å². The van der Waals surface area contributed by atoms with Crippen molar-refractivity contribution in [3.63, 3.8) is 0 Å². The van der Waals surface area contributed by atoms with Crippen LogP contribution < -0.4 is 14.4 Å². The maximum atomic E-state index is 12.9. The molecule has 5 rings (SSSR count). The molecular weight excluding hydrogens is 506 g/mol. The highest BCUT2D eigenvalue weighted by atomic mass is 79.9. The Balaban J connectivity index is 1.26. The number of halogens is 1. The summed E-state index contributed by atoms with van der Waals surface area (Å²) in [6.07, 6.45) is 2.35. The van der Waals surface area contributed by atoms with Crippen molar-refractivity contribution in [2.45, 2.75) is 31.7 Å². The number of hydrogen-bond acceptors (Lipinski definition) is 4. The largest absolute Gasteiger partial charge is 0.497 e. The van der Waals surface area contributed by atoms with E-state index in [0.29, 0.717) is 19.6 Å². The lowest BCUT2D eigenvalue weighted by molar-refractivity contribution is -0.117. The maximum Gasteiger partial charge on any atom is 0.227 e. The molecule has 1 amide bonds. The van der Waals surface area contributed by atoms with E-state index < -0.39 is 0 Å². The van der Waals surface area contributed by atoms with Crippen LogP contribution in [0, 0.1) is 0 Å². The number of imidazole rings is 1. The van der Waals surface area contributed by atoms with Crippen LogP contribution in [-0.4, -0.2) is 35.7 Å². The Labute approximate surface area is 213 Å². The van der Waals surface area contributed by atoms with Crippen molar-refractivity contribution in [2.24, 2.45) is 0 Å². The number of ether oxygens (including phenoxy) is 2. The molecule has 1 aliphatic rings. The van der Waals surface area contributed by atoms with Crippen molar-refractivity contribution in [1.29, 1.82) is 0 Å². The Morgan fingerprint density at radius 1 is 0.971 bits per heavy atom. The molecule has 35 heavy (non-hydrogen) atoms. The fraction of sp³-hybridized carbons (Fsp3) is 0.286. The van der Waals surface area contributed by atoms with Gasteiger partial charge in [-0.05, 0) is 73.5 Å². The van der Waals surface area contributed by atoms with E-state index in [9.17, 15) is 4.79 Å². The average molecular weight is 534 g/mol. The SMILES string of the molecule is COc1ccc(OCCCCn2c(C3CC(=O)N(c4ccc(Br)cc4)C3)nc3ccccc32)cc1. The highest BCUT2D eigenvalue weighted by molar-refractivity contribution is 9.10. The van der Waals surface area contributed by atoms with E-state index in [0.717, 1.165) is 57.9 Å². The fourth-order valence-electron chi connectivity index (χ4n) is 4.63. The summed E-state index contributed by atoms with van der Waals surface area (Å²) in [6.45, 7) is 2.13. The molecule has 0 spiro atoms. The van der Waals surface area contributed by atoms with E-state index in [1.54, 1.807) is 7.11 Å². The van der Waals surface area contributed by atoms with E-state index in [2.05, 4.69) is 26.6 Å². The van der Waals surface area contributed by atoms with Crippen LogP contribution in [0.1, 0.15) is 31.0 Å². The number of aromatic nitrogens is 2. The third-order valence-corrected chi connectivity index (χ3v) is 6.95. The molecule has 3 aromatic carbocycles. The molecule has 0 saturated carbocycles. The molecule has 6 nitrogen and oxygen atoms in total. The Morgan fingerprint density at radius 2 is 1.71 bits per heavy atom. The van der Waals surface area contributed by atoms with Crippen LogP contribution in [0.3, 0.4) is 0 Å². The van der Waals surface area contributed by atoms with Gasteiger partial charge in [0.2, 0.25) is 5.91 Å². The van der Waals surface area contributed by atoms with Gasteiger partial charge >= 0.3 is 0 Å². The minimum atomic E-state index is 0.0640. The normalized spacial score (nSPS) is 15.7. The van der Waals surface area contributed by atoms with Gasteiger partial charge in [-0.1, -0.05) is 28.1 Å². The second-order valence-electron chi connectivity index (χ2n) is 8.72. The fourth-order valence-corrected chi connectivity index (χ4v) is 4.89. The number of hydrogen-bond donors (Lipinski definition) is 0. The van der Waals surface area contributed by atoms with Crippen molar-refractivity contribution in [2.75, 3.05) is 25.2 Å². The van der Waals surface area contributed by atoms with Crippen LogP contribution in [0.25, 0.3) is 11.0 Å². The van der Waals surface area contributed by atoms with Gasteiger partial charge in [0.05, 0.1) is 24.8 Å². The van der Waals surface area contributed by atoms with E-state index >= 15 is 0 Å². The molecule has 2 heterocycles. The van der Waals surface area contributed by atoms with Gasteiger partial charge in [-0.15, -0.1) is 0 Å². The summed E-state index contributed by atoms with van der Waals surface area (Å²) in [6, 6.07) is 23.8. The molecule has 0 bridgehead atoms. The summed E-state index contributed by atoms with van der Waals surface area (Å²) in [4.78, 5) is 19.7. The summed E-state index contributed by atoms with van der Waals surface area (Å²) in [5.41, 5.74) is 3.03. The second kappa shape index (κ2) is 10.5. The molecule has 4 aromatic rings. The minimum Gasteiger partial charge on any atom is -0.497 e. The van der Waals surface area contributed by atoms with Crippen molar-refractivity contribution in [1.82, 2.24) is 9.55 Å². The third-order valence-electron chi connectivity index (χ3n) is 6.42. The van der Waals surface area contributed by atoms with Gasteiger partial charge in [-0.25, -0.2) is 4.98 Å². The number of amides is 1. The van der Waals surface area contributed by atoms with Gasteiger partial charge in [0.25, 0.3) is 0 Å². The number of aryl methyl sites for hydroxylation is 1. The first-order valence-corrected chi connectivity index (χ1v) is 12.7. The highest BCUT2D eigenvalue weighted by Crippen LogP contribution is 2.34. The third kappa shape index (κ3) is 5.20. The lowest BCUT2D eigenvalue weighted by atomic mass is 10.1. The number of para-hydroxylation sites is 2. The first kappa shape index (κ1) is 23.4. The molecule has 1 unspecified atom stereocenters. The number of fused-ring (bicyclic) bond motifs is 1. The average Bonchev–Trinajstić information content (AvgIpc) is 3.45. The van der Waals surface area contributed by atoms with Gasteiger partial charge in [-0.2, -0.15) is 0 Å².